The van der Waals surface area contributed by atoms with Gasteiger partial charge in [0.1, 0.15) is 0 Å². The Balaban J connectivity index is 1.72. The third-order valence-corrected chi connectivity index (χ3v) is 4.02. The predicted molar refractivity (Wildman–Crippen MR) is 71.4 cm³/mol. The summed E-state index contributed by atoms with van der Waals surface area (Å²) in [5.74, 6) is 0.500. The van der Waals surface area contributed by atoms with E-state index in [0.717, 1.165) is 16.7 Å². The van der Waals surface area contributed by atoms with Crippen molar-refractivity contribution in [3.63, 3.8) is 0 Å². The smallest absolute Gasteiger partial charge is 0.354 e. The molecule has 0 fully saturated rings. The second kappa shape index (κ2) is 5.23. The summed E-state index contributed by atoms with van der Waals surface area (Å²) in [5, 5.41) is 11.6. The number of thiazole rings is 1. The van der Waals surface area contributed by atoms with Crippen LogP contribution in [-0.2, 0) is 19.3 Å². The summed E-state index contributed by atoms with van der Waals surface area (Å²) in [4.78, 5) is 16.9. The van der Waals surface area contributed by atoms with E-state index in [1.54, 1.807) is 11.6 Å². The number of anilines is 1. The van der Waals surface area contributed by atoms with Gasteiger partial charge in [0.2, 0.25) is 5.82 Å². The fraction of sp³-hybridized carbons (Fsp3) is 0.455. The first-order chi connectivity index (χ1) is 10.4. The van der Waals surface area contributed by atoms with Gasteiger partial charge >= 0.3 is 6.18 Å². The molecule has 7 nitrogen and oxygen atoms in total. The number of halogens is 3. The number of rotatable bonds is 3. The van der Waals surface area contributed by atoms with E-state index < -0.39 is 11.9 Å². The van der Waals surface area contributed by atoms with Gasteiger partial charge in [0.25, 0.3) is 5.91 Å². The lowest BCUT2D eigenvalue weighted by Gasteiger charge is -2.23. The Morgan fingerprint density at radius 1 is 1.36 bits per heavy atom. The van der Waals surface area contributed by atoms with Crippen LogP contribution in [0.2, 0.25) is 0 Å². The van der Waals surface area contributed by atoms with Gasteiger partial charge in [0, 0.05) is 25.5 Å². The highest BCUT2D eigenvalue weighted by atomic mass is 32.1. The number of amides is 1. The summed E-state index contributed by atoms with van der Waals surface area (Å²) in [7, 11) is 1.67. The third-order valence-electron chi connectivity index (χ3n) is 3.22. The van der Waals surface area contributed by atoms with Crippen LogP contribution >= 0.6 is 11.3 Å². The molecule has 0 saturated heterocycles. The Bertz CT molecular complexity index is 709. The number of carbonyl (C=O) groups excluding carboxylic acids is 1. The second-order valence-corrected chi connectivity index (χ2v) is 5.57. The summed E-state index contributed by atoms with van der Waals surface area (Å²) < 4.78 is 39.1. The molecule has 0 aliphatic carbocycles. The standard InChI is InChI=1S/C11H11F3N6OS/c1-19-2-3-20-7(17-18-8(20)9(19)21)4-15-10-16-6(5-22-10)11(12,13)14/h5H,2-4H2,1H3,(H,15,16). The Morgan fingerprint density at radius 3 is 2.82 bits per heavy atom. The molecule has 0 unspecified atom stereocenters. The molecule has 1 amide bonds. The van der Waals surface area contributed by atoms with Crippen LogP contribution in [0.15, 0.2) is 5.38 Å². The quantitative estimate of drug-likeness (QED) is 0.921. The van der Waals surface area contributed by atoms with Crippen molar-refractivity contribution >= 4 is 22.4 Å². The van der Waals surface area contributed by atoms with E-state index in [1.807, 2.05) is 0 Å². The predicted octanol–water partition coefficient (Wildman–Crippen LogP) is 1.45. The number of likely N-dealkylation sites (N-methyl/N-ethyl adjacent to an activating group) is 1. The topological polar surface area (TPSA) is 75.9 Å². The lowest BCUT2D eigenvalue weighted by molar-refractivity contribution is -0.140. The molecule has 0 radical (unpaired) electrons. The second-order valence-electron chi connectivity index (χ2n) is 4.71. The molecule has 1 aliphatic rings. The third kappa shape index (κ3) is 2.63. The molecule has 22 heavy (non-hydrogen) atoms. The maximum atomic E-state index is 12.5. The first kappa shape index (κ1) is 14.8. The maximum Gasteiger partial charge on any atom is 0.434 e. The van der Waals surface area contributed by atoms with Crippen molar-refractivity contribution in [3.8, 4) is 0 Å². The van der Waals surface area contributed by atoms with Crippen molar-refractivity contribution in [2.24, 2.45) is 0 Å². The molecule has 0 atom stereocenters. The lowest BCUT2D eigenvalue weighted by atomic mass is 10.3. The zero-order valence-corrected chi connectivity index (χ0v) is 12.2. The van der Waals surface area contributed by atoms with Crippen molar-refractivity contribution in [2.75, 3.05) is 18.9 Å². The zero-order valence-electron chi connectivity index (χ0n) is 11.4. The zero-order chi connectivity index (χ0) is 15.9. The number of alkyl halides is 3. The lowest BCUT2D eigenvalue weighted by Crippen LogP contribution is -2.38. The van der Waals surface area contributed by atoms with E-state index in [9.17, 15) is 18.0 Å². The van der Waals surface area contributed by atoms with Crippen LogP contribution in [0.5, 0.6) is 0 Å². The fourth-order valence-corrected chi connectivity index (χ4v) is 2.74. The minimum Gasteiger partial charge on any atom is -0.354 e. The summed E-state index contributed by atoms with van der Waals surface area (Å²) in [5.41, 5.74) is -0.930. The Morgan fingerprint density at radius 2 is 2.14 bits per heavy atom. The van der Waals surface area contributed by atoms with Crippen LogP contribution in [0.1, 0.15) is 22.1 Å². The van der Waals surface area contributed by atoms with Crippen LogP contribution in [-0.4, -0.2) is 44.1 Å². The van der Waals surface area contributed by atoms with Gasteiger partial charge in [-0.25, -0.2) is 4.98 Å². The molecule has 2 aromatic rings. The molecule has 3 heterocycles. The number of hydrogen-bond acceptors (Lipinski definition) is 6. The molecule has 11 heteroatoms. The number of hydrogen-bond donors (Lipinski definition) is 1. The number of carbonyl (C=O) groups is 1. The van der Waals surface area contributed by atoms with Crippen LogP contribution in [0.3, 0.4) is 0 Å². The van der Waals surface area contributed by atoms with Crippen molar-refractivity contribution in [2.45, 2.75) is 19.3 Å². The maximum absolute atomic E-state index is 12.5. The van der Waals surface area contributed by atoms with Crippen molar-refractivity contribution in [1.82, 2.24) is 24.6 Å². The minimum absolute atomic E-state index is 0.143. The summed E-state index contributed by atoms with van der Waals surface area (Å²) in [6.45, 7) is 1.23. The monoisotopic (exact) mass is 332 g/mol. The van der Waals surface area contributed by atoms with Gasteiger partial charge in [-0.2, -0.15) is 13.2 Å². The highest BCUT2D eigenvalue weighted by Crippen LogP contribution is 2.31. The van der Waals surface area contributed by atoms with Gasteiger partial charge in [-0.3, -0.25) is 4.79 Å². The van der Waals surface area contributed by atoms with Gasteiger partial charge in [0.05, 0.1) is 6.54 Å². The molecule has 2 aromatic heterocycles. The average molecular weight is 332 g/mol. The van der Waals surface area contributed by atoms with E-state index in [0.29, 0.717) is 18.9 Å². The molecule has 0 saturated carbocycles. The molecular weight excluding hydrogens is 321 g/mol. The highest BCUT2D eigenvalue weighted by Gasteiger charge is 2.33. The van der Waals surface area contributed by atoms with Gasteiger partial charge in [-0.15, -0.1) is 21.5 Å². The van der Waals surface area contributed by atoms with Gasteiger partial charge in [-0.1, -0.05) is 0 Å². The SMILES string of the molecule is CN1CCn2c(CNc3nc(C(F)(F)F)cs3)nnc2C1=O. The normalized spacial score (nSPS) is 15.1. The first-order valence-electron chi connectivity index (χ1n) is 6.30. The molecule has 0 bridgehead atoms. The van der Waals surface area contributed by atoms with Gasteiger partial charge in [0.15, 0.2) is 16.6 Å². The Kier molecular flexibility index (Phi) is 3.51. The van der Waals surface area contributed by atoms with Crippen LogP contribution in [0, 0.1) is 0 Å². The molecule has 1 aliphatic heterocycles. The Hall–Kier alpha value is -2.17. The highest BCUT2D eigenvalue weighted by molar-refractivity contribution is 7.13. The molecule has 0 aromatic carbocycles. The molecular formula is C11H11F3N6OS. The number of nitrogens with zero attached hydrogens (tertiary/aromatic N) is 5. The summed E-state index contributed by atoms with van der Waals surface area (Å²) in [6.07, 6.45) is -4.46. The minimum atomic E-state index is -4.46. The number of nitrogens with one attached hydrogen (secondary N) is 1. The molecule has 118 valence electrons. The molecule has 1 N–H and O–H groups in total. The van der Waals surface area contributed by atoms with Crippen LogP contribution < -0.4 is 5.32 Å². The summed E-state index contributed by atoms with van der Waals surface area (Å²) in [6, 6.07) is 0. The summed E-state index contributed by atoms with van der Waals surface area (Å²) >= 11 is 0.862. The Labute approximate surface area is 126 Å². The van der Waals surface area contributed by atoms with E-state index in [1.165, 1.54) is 4.90 Å². The van der Waals surface area contributed by atoms with Crippen molar-refractivity contribution < 1.29 is 18.0 Å². The van der Waals surface area contributed by atoms with E-state index in [4.69, 9.17) is 0 Å². The number of aromatic nitrogens is 4. The van der Waals surface area contributed by atoms with E-state index >= 15 is 0 Å². The van der Waals surface area contributed by atoms with E-state index in [-0.39, 0.29) is 23.4 Å². The van der Waals surface area contributed by atoms with Crippen molar-refractivity contribution in [3.05, 3.63) is 22.7 Å². The molecule has 3 rings (SSSR count). The van der Waals surface area contributed by atoms with Gasteiger partial charge < -0.3 is 14.8 Å². The number of fused-ring (bicyclic) bond motifs is 1. The van der Waals surface area contributed by atoms with Crippen LogP contribution in [0.25, 0.3) is 0 Å². The van der Waals surface area contributed by atoms with Crippen molar-refractivity contribution in [1.29, 1.82) is 0 Å². The van der Waals surface area contributed by atoms with Crippen LogP contribution in [0.4, 0.5) is 18.3 Å². The average Bonchev–Trinajstić information content (AvgIpc) is 3.07. The largest absolute Gasteiger partial charge is 0.434 e. The molecule has 0 spiro atoms. The fourth-order valence-electron chi connectivity index (χ4n) is 2.02. The first-order valence-corrected chi connectivity index (χ1v) is 7.18. The van der Waals surface area contributed by atoms with Gasteiger partial charge in [-0.05, 0) is 0 Å². The van der Waals surface area contributed by atoms with E-state index in [2.05, 4.69) is 20.5 Å².